The van der Waals surface area contributed by atoms with Crippen molar-refractivity contribution in [3.8, 4) is 0 Å². The lowest BCUT2D eigenvalue weighted by Gasteiger charge is -2.50. The third-order valence-corrected chi connectivity index (χ3v) is 6.30. The maximum Gasteiger partial charge on any atom is 0.373 e. The van der Waals surface area contributed by atoms with Crippen LogP contribution in [0.2, 0.25) is 15.1 Å². The Morgan fingerprint density at radius 2 is 1.60 bits per heavy atom. The van der Waals surface area contributed by atoms with Crippen molar-refractivity contribution in [1.82, 2.24) is 0 Å². The molecule has 1 saturated carbocycles. The zero-order valence-electron chi connectivity index (χ0n) is 16.3. The first kappa shape index (κ1) is 24.1. The van der Waals surface area contributed by atoms with Crippen molar-refractivity contribution in [3.63, 3.8) is 0 Å². The molecule has 0 N–H and O–H groups in total. The van der Waals surface area contributed by atoms with Gasteiger partial charge in [0.1, 0.15) is 0 Å². The van der Waals surface area contributed by atoms with E-state index in [0.717, 1.165) is 6.42 Å². The van der Waals surface area contributed by atoms with Crippen LogP contribution in [0.5, 0.6) is 0 Å². The number of rotatable bonds is 4. The van der Waals surface area contributed by atoms with Crippen LogP contribution in [0.4, 0.5) is 0 Å². The molecule has 1 aliphatic carbocycles. The van der Waals surface area contributed by atoms with E-state index in [1.54, 1.807) is 0 Å². The van der Waals surface area contributed by atoms with Crippen molar-refractivity contribution in [2.45, 2.75) is 26.7 Å². The fraction of sp³-hybridized carbons (Fsp3) is 0.318. The minimum Gasteiger partial charge on any atom is -0.389 e. The summed E-state index contributed by atoms with van der Waals surface area (Å²) in [7, 11) is 0. The van der Waals surface area contributed by atoms with Crippen molar-refractivity contribution in [3.05, 3.63) is 68.7 Å². The van der Waals surface area contributed by atoms with Crippen LogP contribution in [0.25, 0.3) is 0 Å². The number of carbonyl (C=O) groups is 2. The molecular weight excluding hydrogens is 451 g/mol. The molecule has 0 bridgehead atoms. The molecule has 0 unspecified atom stereocenters. The second-order valence-electron chi connectivity index (χ2n) is 7.53. The summed E-state index contributed by atoms with van der Waals surface area (Å²) in [4.78, 5) is 41.2. The van der Waals surface area contributed by atoms with Gasteiger partial charge in [0.05, 0.1) is 21.5 Å². The van der Waals surface area contributed by atoms with Gasteiger partial charge in [-0.2, -0.15) is 9.59 Å². The highest BCUT2D eigenvalue weighted by Gasteiger charge is 2.52. The van der Waals surface area contributed by atoms with E-state index in [0.29, 0.717) is 17.4 Å². The first-order valence-corrected chi connectivity index (χ1v) is 10.2. The summed E-state index contributed by atoms with van der Waals surface area (Å²) < 4.78 is 5.09. The van der Waals surface area contributed by atoms with Crippen LogP contribution in [-0.4, -0.2) is 18.1 Å². The van der Waals surface area contributed by atoms with E-state index in [1.165, 1.54) is 17.7 Å². The fourth-order valence-electron chi connectivity index (χ4n) is 3.61. The maximum absolute atomic E-state index is 12.6. The van der Waals surface area contributed by atoms with Crippen LogP contribution in [0.3, 0.4) is 0 Å². The van der Waals surface area contributed by atoms with Crippen LogP contribution in [0.1, 0.15) is 36.2 Å². The molecule has 8 heteroatoms. The van der Waals surface area contributed by atoms with Gasteiger partial charge in [-0.15, -0.1) is 0 Å². The van der Waals surface area contributed by atoms with Gasteiger partial charge in [-0.25, -0.2) is 4.79 Å². The Bertz CT molecular complexity index is 943. The molecule has 0 spiro atoms. The number of benzene rings is 2. The van der Waals surface area contributed by atoms with E-state index in [9.17, 15) is 9.59 Å². The average molecular weight is 470 g/mol. The second kappa shape index (κ2) is 10.2. The van der Waals surface area contributed by atoms with E-state index < -0.39 is 11.9 Å². The van der Waals surface area contributed by atoms with E-state index in [2.05, 4.69) is 12.1 Å². The van der Waals surface area contributed by atoms with E-state index in [1.807, 2.05) is 32.0 Å². The molecule has 1 fully saturated rings. The first-order valence-electron chi connectivity index (χ1n) is 9.05. The Labute approximate surface area is 189 Å². The fourth-order valence-corrected chi connectivity index (χ4v) is 4.58. The lowest BCUT2D eigenvalue weighted by molar-refractivity contribution is -0.191. The molecule has 30 heavy (non-hydrogen) atoms. The molecule has 158 valence electrons. The molecule has 2 aromatic rings. The van der Waals surface area contributed by atoms with Gasteiger partial charge in [-0.05, 0) is 41.9 Å². The third-order valence-electron chi connectivity index (χ3n) is 5.48. The van der Waals surface area contributed by atoms with E-state index >= 15 is 0 Å². The summed E-state index contributed by atoms with van der Waals surface area (Å²) >= 11 is 17.9. The van der Waals surface area contributed by atoms with Gasteiger partial charge in [0.2, 0.25) is 0 Å². The van der Waals surface area contributed by atoms with Crippen LogP contribution in [0.15, 0.2) is 42.5 Å². The summed E-state index contributed by atoms with van der Waals surface area (Å²) in [5, 5.41) is 0.414. The van der Waals surface area contributed by atoms with Gasteiger partial charge in [-0.1, -0.05) is 79.0 Å². The predicted octanol–water partition coefficient (Wildman–Crippen LogP) is 5.65. The Morgan fingerprint density at radius 3 is 2.10 bits per heavy atom. The molecule has 3 rings (SSSR count). The highest BCUT2D eigenvalue weighted by molar-refractivity contribution is 6.42. The van der Waals surface area contributed by atoms with Crippen molar-refractivity contribution in [1.29, 1.82) is 0 Å². The number of ether oxygens (including phenoxy) is 1. The van der Waals surface area contributed by atoms with Gasteiger partial charge < -0.3 is 4.74 Å². The monoisotopic (exact) mass is 468 g/mol. The van der Waals surface area contributed by atoms with Crippen molar-refractivity contribution < 1.29 is 23.9 Å². The third kappa shape index (κ3) is 5.50. The summed E-state index contributed by atoms with van der Waals surface area (Å²) in [6, 6.07) is 12.9. The Kier molecular flexibility index (Phi) is 8.22. The molecule has 0 radical (unpaired) electrons. The number of carbonyl (C=O) groups excluding carboxylic acids is 4. The van der Waals surface area contributed by atoms with Gasteiger partial charge >= 0.3 is 18.1 Å². The lowest BCUT2D eigenvalue weighted by Crippen LogP contribution is -2.50. The van der Waals surface area contributed by atoms with Crippen molar-refractivity contribution in [2.75, 3.05) is 0 Å². The maximum atomic E-state index is 12.6. The quantitative estimate of drug-likeness (QED) is 0.427. The highest BCUT2D eigenvalue weighted by atomic mass is 35.5. The van der Waals surface area contributed by atoms with E-state index in [-0.39, 0.29) is 33.1 Å². The molecule has 2 atom stereocenters. The standard InChI is InChI=1S/C21H19Cl3O3.CO2/c1-21(2)13(8-12-6-4-3-5-7-12)9-15(21)19(25)27-20(26)18-16(23)10-14(22)11-17(18)24;2-1-3/h3-7,10-11,13,15H,8-9H2,1-2H3;/t13-,15-;/m1./s1. The number of esters is 2. The number of halogens is 3. The predicted molar refractivity (Wildman–Crippen MR) is 112 cm³/mol. The number of hydrogen-bond acceptors (Lipinski definition) is 5. The molecule has 1 aliphatic rings. The first-order chi connectivity index (χ1) is 14.1. The number of hydrogen-bond donors (Lipinski definition) is 0. The van der Waals surface area contributed by atoms with Gasteiger partial charge in [0.15, 0.2) is 0 Å². The summed E-state index contributed by atoms with van der Waals surface area (Å²) in [6.07, 6.45) is 1.82. The molecule has 0 aromatic heterocycles. The topological polar surface area (TPSA) is 77.5 Å². The van der Waals surface area contributed by atoms with Crippen molar-refractivity contribution >= 4 is 52.9 Å². The molecular formula is C22H19Cl3O5. The molecule has 2 aromatic carbocycles. The van der Waals surface area contributed by atoms with Crippen LogP contribution in [-0.2, 0) is 25.5 Å². The minimum absolute atomic E-state index is 0.0472. The summed E-state index contributed by atoms with van der Waals surface area (Å²) in [6.45, 7) is 4.06. The molecule has 0 aliphatic heterocycles. The largest absolute Gasteiger partial charge is 0.389 e. The summed E-state index contributed by atoms with van der Waals surface area (Å²) in [5.41, 5.74) is 0.924. The highest BCUT2D eigenvalue weighted by Crippen LogP contribution is 2.53. The smallest absolute Gasteiger partial charge is 0.373 e. The zero-order chi connectivity index (χ0) is 22.5. The molecule has 5 nitrogen and oxygen atoms in total. The Balaban J connectivity index is 0.00000101. The lowest BCUT2D eigenvalue weighted by atomic mass is 9.53. The van der Waals surface area contributed by atoms with Gasteiger partial charge in [0.25, 0.3) is 0 Å². The summed E-state index contributed by atoms with van der Waals surface area (Å²) in [5.74, 6) is -1.40. The van der Waals surface area contributed by atoms with Gasteiger partial charge in [-0.3, -0.25) is 4.79 Å². The molecule has 0 amide bonds. The SMILES string of the molecule is CC1(C)[C@H](Cc2ccccc2)C[C@@H]1C(=O)OC(=O)c1c(Cl)cc(Cl)cc1Cl.O=C=O. The van der Waals surface area contributed by atoms with Gasteiger partial charge in [0, 0.05) is 5.02 Å². The second-order valence-corrected chi connectivity index (χ2v) is 8.78. The van der Waals surface area contributed by atoms with Crippen molar-refractivity contribution in [2.24, 2.45) is 17.3 Å². The zero-order valence-corrected chi connectivity index (χ0v) is 18.6. The Morgan fingerprint density at radius 1 is 1.07 bits per heavy atom. The van der Waals surface area contributed by atoms with E-state index in [4.69, 9.17) is 49.1 Å². The van der Waals surface area contributed by atoms with Crippen LogP contribution < -0.4 is 0 Å². The normalized spacial score (nSPS) is 18.8. The van der Waals surface area contributed by atoms with Crippen LogP contribution in [0, 0.1) is 17.3 Å². The minimum atomic E-state index is -0.853. The Hall–Kier alpha value is -2.17. The average Bonchev–Trinajstić information content (AvgIpc) is 2.65. The molecule has 0 saturated heterocycles. The molecule has 0 heterocycles. The van der Waals surface area contributed by atoms with Crippen LogP contribution >= 0.6 is 34.8 Å².